The van der Waals surface area contributed by atoms with Gasteiger partial charge in [-0.1, -0.05) is 12.1 Å². The van der Waals surface area contributed by atoms with Gasteiger partial charge in [-0.15, -0.1) is 0 Å². The summed E-state index contributed by atoms with van der Waals surface area (Å²) in [5.74, 6) is 0.0652. The van der Waals surface area contributed by atoms with Crippen molar-refractivity contribution in [3.8, 4) is 0 Å². The number of benzene rings is 1. The van der Waals surface area contributed by atoms with Crippen LogP contribution in [0.4, 0.5) is 10.3 Å². The molecule has 5 heteroatoms. The fourth-order valence-corrected chi connectivity index (χ4v) is 1.20. The summed E-state index contributed by atoms with van der Waals surface area (Å²) in [6.07, 6.45) is 1.37. The molecule has 0 aliphatic carbocycles. The standard InChI is InChI=1S/C9H9FN4/c10-8-3-1-2-7(4-8)5-14-9(11)12-6-13-14/h1-4,6H,5H2,(H2,11,12,13). The molecule has 1 aromatic heterocycles. The summed E-state index contributed by atoms with van der Waals surface area (Å²) in [6, 6.07) is 6.30. The Morgan fingerprint density at radius 2 is 2.29 bits per heavy atom. The van der Waals surface area contributed by atoms with E-state index in [0.717, 1.165) is 5.56 Å². The van der Waals surface area contributed by atoms with Gasteiger partial charge in [0.1, 0.15) is 12.1 Å². The average Bonchev–Trinajstić information content (AvgIpc) is 2.52. The van der Waals surface area contributed by atoms with Crippen molar-refractivity contribution < 1.29 is 4.39 Å². The third-order valence-corrected chi connectivity index (χ3v) is 1.87. The van der Waals surface area contributed by atoms with Crippen LogP contribution in [0.5, 0.6) is 0 Å². The number of nitrogens with two attached hydrogens (primary N) is 1. The summed E-state index contributed by atoms with van der Waals surface area (Å²) in [5.41, 5.74) is 6.33. The number of nitrogen functional groups attached to an aromatic ring is 1. The van der Waals surface area contributed by atoms with E-state index in [0.29, 0.717) is 12.5 Å². The summed E-state index contributed by atoms with van der Waals surface area (Å²) < 4.78 is 14.3. The van der Waals surface area contributed by atoms with Crippen molar-refractivity contribution in [3.05, 3.63) is 42.0 Å². The lowest BCUT2D eigenvalue weighted by Gasteiger charge is -2.02. The number of aromatic nitrogens is 3. The SMILES string of the molecule is Nc1ncnn1Cc1cccc(F)c1. The highest BCUT2D eigenvalue weighted by molar-refractivity contribution is 5.20. The molecule has 0 bridgehead atoms. The quantitative estimate of drug-likeness (QED) is 0.773. The van der Waals surface area contributed by atoms with E-state index in [-0.39, 0.29) is 5.82 Å². The molecule has 2 aromatic rings. The van der Waals surface area contributed by atoms with Crippen LogP contribution in [0.1, 0.15) is 5.56 Å². The molecule has 0 spiro atoms. The van der Waals surface area contributed by atoms with E-state index >= 15 is 0 Å². The Labute approximate surface area is 80.2 Å². The Morgan fingerprint density at radius 3 is 2.93 bits per heavy atom. The molecule has 4 nitrogen and oxygen atoms in total. The number of hydrogen-bond donors (Lipinski definition) is 1. The summed E-state index contributed by atoms with van der Waals surface area (Å²) >= 11 is 0. The molecule has 0 saturated heterocycles. The maximum atomic E-state index is 12.8. The normalized spacial score (nSPS) is 10.4. The lowest BCUT2D eigenvalue weighted by molar-refractivity contribution is 0.620. The largest absolute Gasteiger partial charge is 0.368 e. The van der Waals surface area contributed by atoms with Gasteiger partial charge in [0, 0.05) is 0 Å². The van der Waals surface area contributed by atoms with Gasteiger partial charge < -0.3 is 5.73 Å². The Morgan fingerprint density at radius 1 is 1.43 bits per heavy atom. The number of halogens is 1. The van der Waals surface area contributed by atoms with E-state index in [1.54, 1.807) is 6.07 Å². The minimum atomic E-state index is -0.263. The number of anilines is 1. The van der Waals surface area contributed by atoms with Gasteiger partial charge in [0.15, 0.2) is 0 Å². The molecule has 0 fully saturated rings. The first-order chi connectivity index (χ1) is 6.75. The van der Waals surface area contributed by atoms with Crippen LogP contribution in [0, 0.1) is 5.82 Å². The summed E-state index contributed by atoms with van der Waals surface area (Å²) in [5, 5.41) is 3.90. The van der Waals surface area contributed by atoms with Gasteiger partial charge >= 0.3 is 0 Å². The molecule has 1 heterocycles. The molecular weight excluding hydrogens is 183 g/mol. The first-order valence-electron chi connectivity index (χ1n) is 4.13. The van der Waals surface area contributed by atoms with Crippen LogP contribution in [0.2, 0.25) is 0 Å². The molecule has 0 atom stereocenters. The van der Waals surface area contributed by atoms with Crippen molar-refractivity contribution in [1.82, 2.24) is 14.8 Å². The summed E-state index contributed by atoms with van der Waals surface area (Å²) in [7, 11) is 0. The minimum absolute atomic E-state index is 0.263. The molecule has 72 valence electrons. The van der Waals surface area contributed by atoms with Crippen molar-refractivity contribution in [2.75, 3.05) is 5.73 Å². The van der Waals surface area contributed by atoms with E-state index in [4.69, 9.17) is 5.73 Å². The Hall–Kier alpha value is -1.91. The van der Waals surface area contributed by atoms with Gasteiger partial charge in [0.2, 0.25) is 5.95 Å². The van der Waals surface area contributed by atoms with Crippen LogP contribution < -0.4 is 5.73 Å². The highest BCUT2D eigenvalue weighted by atomic mass is 19.1. The maximum absolute atomic E-state index is 12.8. The van der Waals surface area contributed by atoms with Gasteiger partial charge in [-0.2, -0.15) is 5.10 Å². The lowest BCUT2D eigenvalue weighted by atomic mass is 10.2. The molecule has 0 aliphatic rings. The molecule has 0 unspecified atom stereocenters. The monoisotopic (exact) mass is 192 g/mol. The van der Waals surface area contributed by atoms with Crippen LogP contribution >= 0.6 is 0 Å². The molecule has 0 aliphatic heterocycles. The van der Waals surface area contributed by atoms with Crippen LogP contribution in [0.25, 0.3) is 0 Å². The van der Waals surface area contributed by atoms with Crippen molar-refractivity contribution in [3.63, 3.8) is 0 Å². The highest BCUT2D eigenvalue weighted by Crippen LogP contribution is 2.06. The van der Waals surface area contributed by atoms with Crippen molar-refractivity contribution in [1.29, 1.82) is 0 Å². The molecule has 2 N–H and O–H groups in total. The Kier molecular flexibility index (Phi) is 2.14. The zero-order valence-electron chi connectivity index (χ0n) is 7.39. The van der Waals surface area contributed by atoms with E-state index < -0.39 is 0 Å². The lowest BCUT2D eigenvalue weighted by Crippen LogP contribution is -2.06. The van der Waals surface area contributed by atoms with Crippen molar-refractivity contribution >= 4 is 5.95 Å². The fraction of sp³-hybridized carbons (Fsp3) is 0.111. The summed E-state index contributed by atoms with van der Waals surface area (Å²) in [6.45, 7) is 0.434. The van der Waals surface area contributed by atoms with Gasteiger partial charge in [0.05, 0.1) is 6.54 Å². The maximum Gasteiger partial charge on any atom is 0.218 e. The third-order valence-electron chi connectivity index (χ3n) is 1.87. The predicted molar refractivity (Wildman–Crippen MR) is 49.9 cm³/mol. The Balaban J connectivity index is 2.23. The molecule has 1 aromatic carbocycles. The van der Waals surface area contributed by atoms with Crippen molar-refractivity contribution in [2.45, 2.75) is 6.54 Å². The Bertz CT molecular complexity index is 438. The van der Waals surface area contributed by atoms with E-state index in [1.807, 2.05) is 6.07 Å². The van der Waals surface area contributed by atoms with Gasteiger partial charge in [0.25, 0.3) is 0 Å². The topological polar surface area (TPSA) is 56.7 Å². The first kappa shape index (κ1) is 8.68. The molecule has 0 amide bonds. The van der Waals surface area contributed by atoms with Crippen molar-refractivity contribution in [2.24, 2.45) is 0 Å². The van der Waals surface area contributed by atoms with Crippen LogP contribution in [-0.2, 0) is 6.54 Å². The molecule has 14 heavy (non-hydrogen) atoms. The van der Waals surface area contributed by atoms with Crippen LogP contribution in [0.15, 0.2) is 30.6 Å². The molecule has 2 rings (SSSR count). The summed E-state index contributed by atoms with van der Waals surface area (Å²) in [4.78, 5) is 3.77. The second kappa shape index (κ2) is 3.45. The predicted octanol–water partition coefficient (Wildman–Crippen LogP) is 1.05. The van der Waals surface area contributed by atoms with E-state index in [2.05, 4.69) is 10.1 Å². The fourth-order valence-electron chi connectivity index (χ4n) is 1.20. The zero-order chi connectivity index (χ0) is 9.97. The van der Waals surface area contributed by atoms with E-state index in [1.165, 1.54) is 23.1 Å². The smallest absolute Gasteiger partial charge is 0.218 e. The first-order valence-corrected chi connectivity index (χ1v) is 4.13. The third kappa shape index (κ3) is 1.71. The zero-order valence-corrected chi connectivity index (χ0v) is 7.39. The van der Waals surface area contributed by atoms with Crippen LogP contribution in [0.3, 0.4) is 0 Å². The van der Waals surface area contributed by atoms with Gasteiger partial charge in [-0.05, 0) is 17.7 Å². The number of nitrogens with zero attached hydrogens (tertiary/aromatic N) is 3. The number of hydrogen-bond acceptors (Lipinski definition) is 3. The molecule has 0 radical (unpaired) electrons. The highest BCUT2D eigenvalue weighted by Gasteiger charge is 2.01. The second-order valence-corrected chi connectivity index (χ2v) is 2.91. The second-order valence-electron chi connectivity index (χ2n) is 2.91. The van der Waals surface area contributed by atoms with Crippen LogP contribution in [-0.4, -0.2) is 14.8 Å². The molecular formula is C9H9FN4. The number of rotatable bonds is 2. The van der Waals surface area contributed by atoms with Gasteiger partial charge in [-0.25, -0.2) is 14.1 Å². The average molecular weight is 192 g/mol. The van der Waals surface area contributed by atoms with Gasteiger partial charge in [-0.3, -0.25) is 0 Å². The van der Waals surface area contributed by atoms with E-state index in [9.17, 15) is 4.39 Å². The minimum Gasteiger partial charge on any atom is -0.368 e. The molecule has 0 saturated carbocycles.